The van der Waals surface area contributed by atoms with Crippen LogP contribution in [0.2, 0.25) is 0 Å². The minimum atomic E-state index is -1.03. The van der Waals surface area contributed by atoms with E-state index >= 15 is 0 Å². The molecule has 1 aromatic rings. The first-order valence-electron chi connectivity index (χ1n) is 5.46. The standard InChI is InChI=1S/C10H14N4O5/c1-3-18-8(15)5-6(9(16)19-4-2)13-14(7(5)11)10(12)17/h3-4,11H2,1-2H3,(H2,12,17). The Hall–Kier alpha value is -2.58. The number of nitrogen functional groups attached to an aromatic ring is 1. The number of nitrogens with two attached hydrogens (primary N) is 2. The first kappa shape index (κ1) is 14.5. The van der Waals surface area contributed by atoms with Crippen molar-refractivity contribution >= 4 is 23.8 Å². The van der Waals surface area contributed by atoms with E-state index in [1.165, 1.54) is 0 Å². The topological polar surface area (TPSA) is 140 Å². The lowest BCUT2D eigenvalue weighted by Crippen LogP contribution is -2.23. The minimum Gasteiger partial charge on any atom is -0.462 e. The Morgan fingerprint density at radius 3 is 2.16 bits per heavy atom. The number of hydrogen-bond acceptors (Lipinski definition) is 7. The summed E-state index contributed by atoms with van der Waals surface area (Å²) >= 11 is 0. The predicted molar refractivity (Wildman–Crippen MR) is 63.5 cm³/mol. The van der Waals surface area contributed by atoms with E-state index in [-0.39, 0.29) is 24.6 Å². The van der Waals surface area contributed by atoms with Crippen molar-refractivity contribution in [1.29, 1.82) is 0 Å². The normalized spacial score (nSPS) is 10.0. The van der Waals surface area contributed by atoms with Crippen molar-refractivity contribution in [3.8, 4) is 0 Å². The quantitative estimate of drug-likeness (QED) is 0.718. The summed E-state index contributed by atoms with van der Waals surface area (Å²) in [5.41, 5.74) is 9.84. The van der Waals surface area contributed by atoms with E-state index in [1.807, 2.05) is 0 Å². The average molecular weight is 270 g/mol. The van der Waals surface area contributed by atoms with Gasteiger partial charge in [0.2, 0.25) is 0 Å². The Balaban J connectivity index is 3.35. The highest BCUT2D eigenvalue weighted by Crippen LogP contribution is 2.19. The van der Waals surface area contributed by atoms with E-state index in [0.29, 0.717) is 4.68 Å². The summed E-state index contributed by atoms with van der Waals surface area (Å²) in [5, 5.41) is 3.57. The molecular weight excluding hydrogens is 256 g/mol. The first-order chi connectivity index (χ1) is 8.93. The van der Waals surface area contributed by atoms with Gasteiger partial charge >= 0.3 is 18.0 Å². The molecular formula is C10H14N4O5. The van der Waals surface area contributed by atoms with Gasteiger partial charge in [-0.05, 0) is 13.8 Å². The van der Waals surface area contributed by atoms with E-state index in [2.05, 4.69) is 5.10 Å². The fourth-order valence-corrected chi connectivity index (χ4v) is 1.35. The van der Waals surface area contributed by atoms with Crippen molar-refractivity contribution in [2.75, 3.05) is 18.9 Å². The minimum absolute atomic E-state index is 0.0717. The van der Waals surface area contributed by atoms with Crippen LogP contribution in [0.15, 0.2) is 0 Å². The number of carbonyl (C=O) groups is 3. The number of aromatic nitrogens is 2. The van der Waals surface area contributed by atoms with Crippen LogP contribution in [0.1, 0.15) is 34.7 Å². The highest BCUT2D eigenvalue weighted by atomic mass is 16.5. The molecule has 0 aromatic carbocycles. The van der Waals surface area contributed by atoms with Gasteiger partial charge < -0.3 is 20.9 Å². The number of rotatable bonds is 4. The Kier molecular flexibility index (Phi) is 4.46. The molecule has 0 aliphatic carbocycles. The predicted octanol–water partition coefficient (Wildman–Crippen LogP) is -0.255. The van der Waals surface area contributed by atoms with Crippen LogP contribution >= 0.6 is 0 Å². The maximum Gasteiger partial charge on any atom is 0.359 e. The third-order valence-corrected chi connectivity index (χ3v) is 2.08. The van der Waals surface area contributed by atoms with Gasteiger partial charge in [0.1, 0.15) is 11.4 Å². The zero-order valence-corrected chi connectivity index (χ0v) is 10.5. The number of esters is 2. The Bertz CT molecular complexity index is 522. The van der Waals surface area contributed by atoms with Crippen molar-refractivity contribution in [2.24, 2.45) is 5.73 Å². The van der Waals surface area contributed by atoms with E-state index in [4.69, 9.17) is 20.9 Å². The third kappa shape index (κ3) is 2.81. The zero-order valence-electron chi connectivity index (χ0n) is 10.5. The molecule has 0 unspecified atom stereocenters. The maximum atomic E-state index is 11.7. The van der Waals surface area contributed by atoms with Gasteiger partial charge in [-0.1, -0.05) is 0 Å². The summed E-state index contributed by atoms with van der Waals surface area (Å²) in [4.78, 5) is 34.5. The molecule has 0 radical (unpaired) electrons. The van der Waals surface area contributed by atoms with Crippen molar-refractivity contribution in [3.05, 3.63) is 11.3 Å². The molecule has 4 N–H and O–H groups in total. The second-order valence-corrected chi connectivity index (χ2v) is 3.30. The lowest BCUT2D eigenvalue weighted by molar-refractivity contribution is 0.0476. The number of anilines is 1. The monoisotopic (exact) mass is 270 g/mol. The zero-order chi connectivity index (χ0) is 14.6. The molecule has 0 fully saturated rings. The number of primary amides is 1. The molecule has 1 rings (SSSR count). The molecule has 19 heavy (non-hydrogen) atoms. The molecule has 0 bridgehead atoms. The van der Waals surface area contributed by atoms with Crippen LogP contribution in [0, 0.1) is 0 Å². The van der Waals surface area contributed by atoms with Gasteiger partial charge in [-0.15, -0.1) is 0 Å². The van der Waals surface area contributed by atoms with Gasteiger partial charge in [0.15, 0.2) is 5.69 Å². The molecule has 9 nitrogen and oxygen atoms in total. The van der Waals surface area contributed by atoms with Crippen LogP contribution < -0.4 is 11.5 Å². The molecule has 0 saturated carbocycles. The van der Waals surface area contributed by atoms with Crippen LogP contribution in [0.4, 0.5) is 10.6 Å². The van der Waals surface area contributed by atoms with Gasteiger partial charge in [0, 0.05) is 0 Å². The molecule has 0 atom stereocenters. The molecule has 1 amide bonds. The van der Waals surface area contributed by atoms with Crippen LogP contribution in [-0.2, 0) is 9.47 Å². The van der Waals surface area contributed by atoms with Crippen LogP contribution in [0.5, 0.6) is 0 Å². The van der Waals surface area contributed by atoms with Crippen molar-refractivity contribution in [3.63, 3.8) is 0 Å². The van der Waals surface area contributed by atoms with Crippen LogP contribution in [0.3, 0.4) is 0 Å². The highest BCUT2D eigenvalue weighted by Gasteiger charge is 2.30. The number of amides is 1. The average Bonchev–Trinajstić information content (AvgIpc) is 2.67. The molecule has 1 heterocycles. The van der Waals surface area contributed by atoms with Gasteiger partial charge in [-0.25, -0.2) is 14.4 Å². The largest absolute Gasteiger partial charge is 0.462 e. The van der Waals surface area contributed by atoms with E-state index in [0.717, 1.165) is 0 Å². The fraction of sp³-hybridized carbons (Fsp3) is 0.400. The fourth-order valence-electron chi connectivity index (χ4n) is 1.35. The number of hydrogen-bond donors (Lipinski definition) is 2. The molecule has 0 saturated heterocycles. The van der Waals surface area contributed by atoms with E-state index < -0.39 is 23.7 Å². The smallest absolute Gasteiger partial charge is 0.359 e. The number of carbonyl (C=O) groups excluding carboxylic acids is 3. The number of nitrogens with zero attached hydrogens (tertiary/aromatic N) is 2. The summed E-state index contributed by atoms with van der Waals surface area (Å²) in [7, 11) is 0. The Morgan fingerprint density at radius 1 is 1.16 bits per heavy atom. The summed E-state index contributed by atoms with van der Waals surface area (Å²) in [6.07, 6.45) is 0. The molecule has 1 aromatic heterocycles. The van der Waals surface area contributed by atoms with Crippen LogP contribution in [0.25, 0.3) is 0 Å². The first-order valence-corrected chi connectivity index (χ1v) is 5.46. The second-order valence-electron chi connectivity index (χ2n) is 3.30. The van der Waals surface area contributed by atoms with Gasteiger partial charge in [0.25, 0.3) is 0 Å². The lowest BCUT2D eigenvalue weighted by atomic mass is 10.2. The summed E-state index contributed by atoms with van der Waals surface area (Å²) in [6.45, 7) is 3.31. The number of ether oxygens (including phenoxy) is 2. The van der Waals surface area contributed by atoms with Crippen LogP contribution in [-0.4, -0.2) is 41.0 Å². The summed E-state index contributed by atoms with van der Waals surface area (Å²) in [6, 6.07) is -1.03. The molecule has 0 aliphatic heterocycles. The van der Waals surface area contributed by atoms with Crippen molar-refractivity contribution in [1.82, 2.24) is 9.78 Å². The van der Waals surface area contributed by atoms with E-state index in [9.17, 15) is 14.4 Å². The van der Waals surface area contributed by atoms with E-state index in [1.54, 1.807) is 13.8 Å². The summed E-state index contributed by atoms with van der Waals surface area (Å²) < 4.78 is 9.99. The van der Waals surface area contributed by atoms with Gasteiger partial charge in [0.05, 0.1) is 13.2 Å². The molecule has 9 heteroatoms. The Morgan fingerprint density at radius 2 is 1.68 bits per heavy atom. The molecule has 0 spiro atoms. The van der Waals surface area contributed by atoms with Gasteiger partial charge in [-0.3, -0.25) is 0 Å². The summed E-state index contributed by atoms with van der Waals surface area (Å²) in [5.74, 6) is -2.14. The Labute approximate surface area is 108 Å². The highest BCUT2D eigenvalue weighted by molar-refractivity contribution is 6.06. The van der Waals surface area contributed by atoms with Crippen molar-refractivity contribution < 1.29 is 23.9 Å². The van der Waals surface area contributed by atoms with Gasteiger partial charge in [-0.2, -0.15) is 9.78 Å². The second kappa shape index (κ2) is 5.85. The third-order valence-electron chi connectivity index (χ3n) is 2.08. The molecule has 104 valence electrons. The molecule has 0 aliphatic rings. The lowest BCUT2D eigenvalue weighted by Gasteiger charge is -2.03. The SMILES string of the molecule is CCOC(=O)c1nn(C(N)=O)c(N)c1C(=O)OCC. The maximum absolute atomic E-state index is 11.7. The van der Waals surface area contributed by atoms with Crippen molar-refractivity contribution in [2.45, 2.75) is 13.8 Å².